The van der Waals surface area contributed by atoms with E-state index in [4.69, 9.17) is 0 Å². The molecule has 0 aromatic rings. The molecule has 1 aliphatic heterocycles. The number of carbonyl (C=O) groups is 4. The van der Waals surface area contributed by atoms with E-state index in [-0.39, 0.29) is 17.4 Å². The summed E-state index contributed by atoms with van der Waals surface area (Å²) in [7, 11) is 0. The van der Waals surface area contributed by atoms with Crippen molar-refractivity contribution in [2.75, 3.05) is 0 Å². The van der Waals surface area contributed by atoms with Crippen molar-refractivity contribution < 1.29 is 28.7 Å². The van der Waals surface area contributed by atoms with Crippen molar-refractivity contribution in [1.82, 2.24) is 0 Å². The van der Waals surface area contributed by atoms with Crippen LogP contribution in [0.15, 0.2) is 0 Å². The topological polar surface area (TPSA) is 86.7 Å². The van der Waals surface area contributed by atoms with Crippen LogP contribution in [0, 0.1) is 5.41 Å². The van der Waals surface area contributed by atoms with E-state index in [1.54, 1.807) is 0 Å². The van der Waals surface area contributed by atoms with Gasteiger partial charge in [-0.25, -0.2) is 0 Å². The van der Waals surface area contributed by atoms with Crippen LogP contribution in [0.4, 0.5) is 0 Å². The molecule has 2 aliphatic rings. The molecule has 1 spiro atoms. The fourth-order valence-electron chi connectivity index (χ4n) is 2.73. The molecule has 6 heteroatoms. The van der Waals surface area contributed by atoms with Crippen molar-refractivity contribution in [2.24, 2.45) is 5.41 Å². The molecule has 0 atom stereocenters. The first-order valence-corrected chi connectivity index (χ1v) is 6.75. The van der Waals surface area contributed by atoms with Crippen molar-refractivity contribution in [2.45, 2.75) is 58.8 Å². The highest BCUT2D eigenvalue weighted by Gasteiger charge is 2.41. The third-order valence-electron chi connectivity index (χ3n) is 3.47. The van der Waals surface area contributed by atoms with E-state index in [2.05, 4.69) is 9.47 Å². The molecular weight excluding hydrogens is 264 g/mol. The molecule has 2 fully saturated rings. The Balaban J connectivity index is 0.000000246. The molecule has 1 heterocycles. The molecule has 0 N–H and O–H groups in total. The second-order valence-corrected chi connectivity index (χ2v) is 5.35. The smallest absolute Gasteiger partial charge is 0.314 e. The maximum Gasteiger partial charge on any atom is 0.314 e. The minimum atomic E-state index is -0.562. The fourth-order valence-corrected chi connectivity index (χ4v) is 2.73. The summed E-state index contributed by atoms with van der Waals surface area (Å²) in [5, 5.41) is 0. The fraction of sp³-hybridized carbons (Fsp3) is 0.714. The minimum Gasteiger partial charge on any atom is -0.394 e. The standard InChI is InChI=1S/C10H14O3.C4H6O3/c11-8-6-10(7-9(12)13-8)4-2-1-3-5-10;1-3(5)7-4(2)6/h1-7H2;1-2H3. The molecule has 1 saturated carbocycles. The van der Waals surface area contributed by atoms with Gasteiger partial charge in [0.05, 0.1) is 12.8 Å². The van der Waals surface area contributed by atoms with Gasteiger partial charge in [0.15, 0.2) is 0 Å². The molecule has 0 aromatic carbocycles. The summed E-state index contributed by atoms with van der Waals surface area (Å²) in [5.41, 5.74) is -0.0231. The summed E-state index contributed by atoms with van der Waals surface area (Å²) in [6, 6.07) is 0. The first kappa shape index (κ1) is 16.3. The van der Waals surface area contributed by atoms with Crippen LogP contribution >= 0.6 is 0 Å². The van der Waals surface area contributed by atoms with E-state index in [0.29, 0.717) is 12.8 Å². The van der Waals surface area contributed by atoms with Gasteiger partial charge in [-0.2, -0.15) is 0 Å². The average Bonchev–Trinajstić information content (AvgIpc) is 2.26. The highest BCUT2D eigenvalue weighted by molar-refractivity contribution is 5.89. The van der Waals surface area contributed by atoms with Gasteiger partial charge in [-0.3, -0.25) is 19.2 Å². The Bertz CT molecular complexity index is 376. The highest BCUT2D eigenvalue weighted by Crippen LogP contribution is 2.44. The lowest BCUT2D eigenvalue weighted by atomic mass is 9.69. The van der Waals surface area contributed by atoms with Crippen LogP contribution in [0.5, 0.6) is 0 Å². The number of ether oxygens (including phenoxy) is 2. The van der Waals surface area contributed by atoms with Gasteiger partial charge in [0.2, 0.25) is 0 Å². The maximum absolute atomic E-state index is 11.1. The Kier molecular flexibility index (Phi) is 5.85. The number of rotatable bonds is 0. The van der Waals surface area contributed by atoms with E-state index >= 15 is 0 Å². The van der Waals surface area contributed by atoms with Crippen LogP contribution < -0.4 is 0 Å². The van der Waals surface area contributed by atoms with Crippen molar-refractivity contribution in [1.29, 1.82) is 0 Å². The third-order valence-corrected chi connectivity index (χ3v) is 3.47. The van der Waals surface area contributed by atoms with Gasteiger partial charge in [0, 0.05) is 13.8 Å². The van der Waals surface area contributed by atoms with Crippen molar-refractivity contribution >= 4 is 23.9 Å². The summed E-state index contributed by atoms with van der Waals surface area (Å²) in [4.78, 5) is 41.8. The van der Waals surface area contributed by atoms with Crippen molar-refractivity contribution in [3.63, 3.8) is 0 Å². The molecule has 0 aromatic heterocycles. The lowest BCUT2D eigenvalue weighted by Crippen LogP contribution is -2.37. The molecule has 0 unspecified atom stereocenters. The first-order valence-electron chi connectivity index (χ1n) is 6.75. The number of esters is 4. The van der Waals surface area contributed by atoms with Crippen molar-refractivity contribution in [3.05, 3.63) is 0 Å². The van der Waals surface area contributed by atoms with Crippen LogP contribution in [0.1, 0.15) is 58.8 Å². The molecule has 20 heavy (non-hydrogen) atoms. The highest BCUT2D eigenvalue weighted by atomic mass is 16.6. The number of hydrogen-bond donors (Lipinski definition) is 0. The van der Waals surface area contributed by atoms with Crippen LogP contribution in [0.2, 0.25) is 0 Å². The van der Waals surface area contributed by atoms with E-state index in [1.807, 2.05) is 0 Å². The summed E-state index contributed by atoms with van der Waals surface area (Å²) in [6.45, 7) is 2.36. The van der Waals surface area contributed by atoms with Gasteiger partial charge in [-0.15, -0.1) is 0 Å². The predicted octanol–water partition coefficient (Wildman–Crippen LogP) is 1.90. The Morgan fingerprint density at radius 1 is 0.950 bits per heavy atom. The SMILES string of the molecule is CC(=O)OC(C)=O.O=C1CC2(CCCCC2)CC(=O)O1. The molecule has 0 amide bonds. The molecule has 6 nitrogen and oxygen atoms in total. The second-order valence-electron chi connectivity index (χ2n) is 5.35. The second kappa shape index (κ2) is 7.17. The van der Waals surface area contributed by atoms with Crippen LogP contribution in [0.25, 0.3) is 0 Å². The van der Waals surface area contributed by atoms with E-state index in [9.17, 15) is 19.2 Å². The molecule has 0 bridgehead atoms. The number of cyclic esters (lactones) is 2. The van der Waals surface area contributed by atoms with Crippen LogP contribution in [-0.2, 0) is 28.7 Å². The van der Waals surface area contributed by atoms with Crippen molar-refractivity contribution in [3.8, 4) is 0 Å². The Morgan fingerprint density at radius 2 is 1.40 bits per heavy atom. The monoisotopic (exact) mass is 284 g/mol. The molecule has 2 rings (SSSR count). The zero-order valence-electron chi connectivity index (χ0n) is 11.9. The zero-order chi connectivity index (χ0) is 15.2. The molecule has 0 radical (unpaired) electrons. The Morgan fingerprint density at radius 3 is 1.75 bits per heavy atom. The van der Waals surface area contributed by atoms with E-state index < -0.39 is 11.9 Å². The number of hydrogen-bond acceptors (Lipinski definition) is 6. The van der Waals surface area contributed by atoms with E-state index in [1.165, 1.54) is 20.3 Å². The van der Waals surface area contributed by atoms with Gasteiger partial charge >= 0.3 is 23.9 Å². The quantitative estimate of drug-likeness (QED) is 0.498. The summed E-state index contributed by atoms with van der Waals surface area (Å²) >= 11 is 0. The average molecular weight is 284 g/mol. The lowest BCUT2D eigenvalue weighted by Gasteiger charge is -2.37. The van der Waals surface area contributed by atoms with Gasteiger partial charge < -0.3 is 9.47 Å². The summed E-state index contributed by atoms with van der Waals surface area (Å²) < 4.78 is 8.51. The number of carbonyl (C=O) groups excluding carboxylic acids is 4. The normalized spacial score (nSPS) is 20.5. The first-order chi connectivity index (χ1) is 9.33. The molecular formula is C14H20O6. The molecule has 1 aliphatic carbocycles. The summed E-state index contributed by atoms with van der Waals surface area (Å²) in [5.74, 6) is -1.77. The Hall–Kier alpha value is -1.72. The van der Waals surface area contributed by atoms with Crippen LogP contribution in [0.3, 0.4) is 0 Å². The van der Waals surface area contributed by atoms with Gasteiger partial charge in [-0.1, -0.05) is 19.3 Å². The zero-order valence-corrected chi connectivity index (χ0v) is 11.9. The van der Waals surface area contributed by atoms with Crippen LogP contribution in [-0.4, -0.2) is 23.9 Å². The maximum atomic E-state index is 11.1. The van der Waals surface area contributed by atoms with Gasteiger partial charge in [0.1, 0.15) is 0 Å². The third kappa shape index (κ3) is 5.50. The minimum absolute atomic E-state index is 0.0231. The van der Waals surface area contributed by atoms with Gasteiger partial charge in [0.25, 0.3) is 0 Å². The largest absolute Gasteiger partial charge is 0.394 e. The van der Waals surface area contributed by atoms with E-state index in [0.717, 1.165) is 25.7 Å². The lowest BCUT2D eigenvalue weighted by molar-refractivity contribution is -0.170. The van der Waals surface area contributed by atoms with Gasteiger partial charge in [-0.05, 0) is 18.3 Å². The summed E-state index contributed by atoms with van der Waals surface area (Å²) in [6.07, 6.45) is 6.51. The molecule has 112 valence electrons. The predicted molar refractivity (Wildman–Crippen MR) is 68.3 cm³/mol. The molecule has 1 saturated heterocycles. The Labute approximate surface area is 117 Å².